The number of amides is 1. The highest BCUT2D eigenvalue weighted by molar-refractivity contribution is 5.86. The second kappa shape index (κ2) is 6.43. The minimum atomic E-state index is -5.11. The summed E-state index contributed by atoms with van der Waals surface area (Å²) in [7, 11) is 0. The molecule has 0 radical (unpaired) electrons. The molecule has 0 heterocycles. The molecule has 8 heteroatoms. The SMILES string of the molecule is CC(C)COC[C@H](NC(=O)C(F)(F)F)C(=O)O. The maximum Gasteiger partial charge on any atom is 0.471 e. The first-order valence-electron chi connectivity index (χ1n) is 4.82. The first kappa shape index (κ1) is 15.7. The number of rotatable bonds is 6. The summed E-state index contributed by atoms with van der Waals surface area (Å²) in [4.78, 5) is 21.1. The quantitative estimate of drug-likeness (QED) is 0.737. The number of hydrogen-bond donors (Lipinski definition) is 2. The first-order chi connectivity index (χ1) is 7.64. The van der Waals surface area contributed by atoms with Crippen LogP contribution >= 0.6 is 0 Å². The second-order valence-corrected chi connectivity index (χ2v) is 3.79. The van der Waals surface area contributed by atoms with Crippen molar-refractivity contribution >= 4 is 11.9 Å². The molecule has 0 bridgehead atoms. The number of hydrogen-bond acceptors (Lipinski definition) is 3. The van der Waals surface area contributed by atoms with Crippen LogP contribution in [0.4, 0.5) is 13.2 Å². The minimum absolute atomic E-state index is 0.114. The van der Waals surface area contributed by atoms with Crippen molar-refractivity contribution in [3.05, 3.63) is 0 Å². The molecule has 0 aliphatic carbocycles. The largest absolute Gasteiger partial charge is 0.480 e. The summed E-state index contributed by atoms with van der Waals surface area (Å²) in [6.45, 7) is 3.29. The van der Waals surface area contributed by atoms with Gasteiger partial charge in [-0.2, -0.15) is 13.2 Å². The van der Waals surface area contributed by atoms with E-state index >= 15 is 0 Å². The van der Waals surface area contributed by atoms with E-state index < -0.39 is 30.7 Å². The Morgan fingerprint density at radius 2 is 1.82 bits per heavy atom. The van der Waals surface area contributed by atoms with Crippen LogP contribution in [0.5, 0.6) is 0 Å². The lowest BCUT2D eigenvalue weighted by atomic mass is 10.2. The van der Waals surface area contributed by atoms with Crippen molar-refractivity contribution in [3.8, 4) is 0 Å². The van der Waals surface area contributed by atoms with Gasteiger partial charge in [0.05, 0.1) is 6.61 Å². The van der Waals surface area contributed by atoms with E-state index in [2.05, 4.69) is 0 Å². The van der Waals surface area contributed by atoms with Gasteiger partial charge in [-0.05, 0) is 5.92 Å². The fourth-order valence-electron chi connectivity index (χ4n) is 0.836. The van der Waals surface area contributed by atoms with Crippen molar-refractivity contribution in [3.63, 3.8) is 0 Å². The third-order valence-corrected chi connectivity index (χ3v) is 1.60. The van der Waals surface area contributed by atoms with Gasteiger partial charge in [0.25, 0.3) is 0 Å². The zero-order valence-electron chi connectivity index (χ0n) is 9.37. The molecule has 0 aromatic heterocycles. The number of carboxylic acids is 1. The Hall–Kier alpha value is -1.31. The molecule has 1 amide bonds. The van der Waals surface area contributed by atoms with Crippen LogP contribution in [0, 0.1) is 5.92 Å². The van der Waals surface area contributed by atoms with Crippen LogP contribution in [-0.4, -0.2) is 42.4 Å². The van der Waals surface area contributed by atoms with Gasteiger partial charge in [-0.3, -0.25) is 4.79 Å². The summed E-state index contributed by atoms with van der Waals surface area (Å²) < 4.78 is 40.5. The molecule has 0 fully saturated rings. The van der Waals surface area contributed by atoms with Crippen molar-refractivity contribution < 1.29 is 32.6 Å². The number of carbonyl (C=O) groups excluding carboxylic acids is 1. The number of aliphatic carboxylic acids is 1. The summed E-state index contributed by atoms with van der Waals surface area (Å²) >= 11 is 0. The molecular weight excluding hydrogens is 243 g/mol. The average molecular weight is 257 g/mol. The van der Waals surface area contributed by atoms with Crippen LogP contribution in [0.25, 0.3) is 0 Å². The lowest BCUT2D eigenvalue weighted by Gasteiger charge is -2.16. The number of alkyl halides is 3. The zero-order chi connectivity index (χ0) is 13.6. The van der Waals surface area contributed by atoms with E-state index in [1.54, 1.807) is 13.8 Å². The normalized spacial score (nSPS) is 13.5. The van der Waals surface area contributed by atoms with Crippen molar-refractivity contribution in [2.24, 2.45) is 5.92 Å². The first-order valence-corrected chi connectivity index (χ1v) is 4.82. The predicted octanol–water partition coefficient (Wildman–Crippen LogP) is 0.791. The fourth-order valence-corrected chi connectivity index (χ4v) is 0.836. The highest BCUT2D eigenvalue weighted by atomic mass is 19.4. The molecule has 0 aliphatic heterocycles. The van der Waals surface area contributed by atoms with Crippen LogP contribution < -0.4 is 5.32 Å². The van der Waals surface area contributed by atoms with Crippen molar-refractivity contribution in [2.45, 2.75) is 26.1 Å². The molecule has 5 nitrogen and oxygen atoms in total. The Bertz CT molecular complexity index is 278. The molecule has 0 spiro atoms. The van der Waals surface area contributed by atoms with Gasteiger partial charge in [0.1, 0.15) is 0 Å². The Labute approximate surface area is 95.9 Å². The monoisotopic (exact) mass is 257 g/mol. The molecule has 17 heavy (non-hydrogen) atoms. The van der Waals surface area contributed by atoms with E-state index in [1.165, 1.54) is 5.32 Å². The molecule has 0 aromatic carbocycles. The standard InChI is InChI=1S/C9H14F3NO4/c1-5(2)3-17-4-6(7(14)15)13-8(16)9(10,11)12/h5-6H,3-4H2,1-2H3,(H,13,16)(H,14,15)/t6-/m0/s1. The third kappa shape index (κ3) is 6.77. The zero-order valence-corrected chi connectivity index (χ0v) is 9.37. The number of carboxylic acid groups (broad SMARTS) is 1. The molecule has 2 N–H and O–H groups in total. The van der Waals surface area contributed by atoms with Gasteiger partial charge in [0, 0.05) is 6.61 Å². The van der Waals surface area contributed by atoms with E-state index in [4.69, 9.17) is 9.84 Å². The summed E-state index contributed by atoms with van der Waals surface area (Å²) in [5.41, 5.74) is 0. The van der Waals surface area contributed by atoms with Crippen LogP contribution in [0.15, 0.2) is 0 Å². The van der Waals surface area contributed by atoms with Gasteiger partial charge in [-0.1, -0.05) is 13.8 Å². The van der Waals surface area contributed by atoms with Gasteiger partial charge < -0.3 is 15.2 Å². The average Bonchev–Trinajstić information content (AvgIpc) is 2.13. The number of ether oxygens (including phenoxy) is 1. The van der Waals surface area contributed by atoms with E-state index in [9.17, 15) is 22.8 Å². The van der Waals surface area contributed by atoms with Gasteiger partial charge >= 0.3 is 18.1 Å². The maximum atomic E-state index is 11.9. The Morgan fingerprint density at radius 1 is 1.29 bits per heavy atom. The minimum Gasteiger partial charge on any atom is -0.480 e. The molecule has 0 saturated carbocycles. The second-order valence-electron chi connectivity index (χ2n) is 3.79. The molecule has 0 aromatic rings. The Morgan fingerprint density at radius 3 is 2.18 bits per heavy atom. The molecule has 1 atom stereocenters. The van der Waals surface area contributed by atoms with Gasteiger partial charge in [-0.25, -0.2) is 4.79 Å². The topological polar surface area (TPSA) is 75.6 Å². The Kier molecular flexibility index (Phi) is 5.94. The van der Waals surface area contributed by atoms with Gasteiger partial charge in [0.2, 0.25) is 0 Å². The molecule has 100 valence electrons. The van der Waals surface area contributed by atoms with Gasteiger partial charge in [-0.15, -0.1) is 0 Å². The van der Waals surface area contributed by atoms with E-state index in [1.807, 2.05) is 0 Å². The summed E-state index contributed by atoms with van der Waals surface area (Å²) in [5, 5.41) is 9.93. The Balaban J connectivity index is 4.26. The van der Waals surface area contributed by atoms with Crippen molar-refractivity contribution in [2.75, 3.05) is 13.2 Å². The van der Waals surface area contributed by atoms with E-state index in [0.717, 1.165) is 0 Å². The van der Waals surface area contributed by atoms with Gasteiger partial charge in [0.15, 0.2) is 6.04 Å². The molecule has 0 aliphatic rings. The molecule has 0 saturated heterocycles. The fraction of sp³-hybridized carbons (Fsp3) is 0.778. The summed E-state index contributed by atoms with van der Waals surface area (Å²) in [6, 6.07) is -1.71. The number of carbonyl (C=O) groups is 2. The highest BCUT2D eigenvalue weighted by Gasteiger charge is 2.40. The lowest BCUT2D eigenvalue weighted by molar-refractivity contribution is -0.176. The van der Waals surface area contributed by atoms with E-state index in [0.29, 0.717) is 0 Å². The molecule has 0 rings (SSSR count). The molecular formula is C9H14F3NO4. The van der Waals surface area contributed by atoms with Crippen LogP contribution in [-0.2, 0) is 14.3 Å². The predicted molar refractivity (Wildman–Crippen MR) is 51.3 cm³/mol. The highest BCUT2D eigenvalue weighted by Crippen LogP contribution is 2.14. The maximum absolute atomic E-state index is 11.9. The van der Waals surface area contributed by atoms with E-state index in [-0.39, 0.29) is 12.5 Å². The van der Waals surface area contributed by atoms with Crippen molar-refractivity contribution in [1.82, 2.24) is 5.32 Å². The van der Waals surface area contributed by atoms with Crippen LogP contribution in [0.2, 0.25) is 0 Å². The van der Waals surface area contributed by atoms with Crippen LogP contribution in [0.1, 0.15) is 13.8 Å². The smallest absolute Gasteiger partial charge is 0.471 e. The summed E-state index contributed by atoms with van der Waals surface area (Å²) in [6.07, 6.45) is -5.11. The lowest BCUT2D eigenvalue weighted by Crippen LogP contribution is -2.49. The number of nitrogens with one attached hydrogen (secondary N) is 1. The third-order valence-electron chi connectivity index (χ3n) is 1.60. The van der Waals surface area contributed by atoms with Crippen LogP contribution in [0.3, 0.4) is 0 Å². The summed E-state index contributed by atoms with van der Waals surface area (Å²) in [5.74, 6) is -3.76. The number of halogens is 3. The molecule has 0 unspecified atom stereocenters. The van der Waals surface area contributed by atoms with Crippen molar-refractivity contribution in [1.29, 1.82) is 0 Å².